The van der Waals surface area contributed by atoms with Crippen molar-refractivity contribution in [3.63, 3.8) is 0 Å². The molecule has 0 amide bonds. The summed E-state index contributed by atoms with van der Waals surface area (Å²) in [6, 6.07) is 8.84. The Bertz CT molecular complexity index is 325. The third-order valence-corrected chi connectivity index (χ3v) is 4.41. The number of benzene rings is 1. The number of hydrogen-bond donors (Lipinski definition) is 1. The standard InChI is InChI=1S/C12H16ClNS/c1-9(6-14-10-7-15-8-10)11-4-2-3-5-12(11)13/h2-5,9-10,14H,6-8H2,1H3. The lowest BCUT2D eigenvalue weighted by Crippen LogP contribution is -2.41. The summed E-state index contributed by atoms with van der Waals surface area (Å²) < 4.78 is 0. The average molecular weight is 242 g/mol. The van der Waals surface area contributed by atoms with Crippen LogP contribution in [0.1, 0.15) is 18.4 Å². The Labute approximate surface area is 101 Å². The van der Waals surface area contributed by atoms with Gasteiger partial charge in [-0.3, -0.25) is 0 Å². The first-order valence-electron chi connectivity index (χ1n) is 5.33. The van der Waals surface area contributed by atoms with E-state index in [1.807, 2.05) is 23.9 Å². The molecule has 0 spiro atoms. The van der Waals surface area contributed by atoms with Crippen LogP contribution in [0.25, 0.3) is 0 Å². The van der Waals surface area contributed by atoms with Gasteiger partial charge >= 0.3 is 0 Å². The van der Waals surface area contributed by atoms with Crippen molar-refractivity contribution in [1.82, 2.24) is 5.32 Å². The van der Waals surface area contributed by atoms with E-state index >= 15 is 0 Å². The number of halogens is 1. The van der Waals surface area contributed by atoms with Crippen LogP contribution in [0, 0.1) is 0 Å². The first-order valence-corrected chi connectivity index (χ1v) is 6.86. The Kier molecular flexibility index (Phi) is 3.95. The van der Waals surface area contributed by atoms with Crippen LogP contribution in [0.15, 0.2) is 24.3 Å². The summed E-state index contributed by atoms with van der Waals surface area (Å²) in [6.07, 6.45) is 0. The molecular weight excluding hydrogens is 226 g/mol. The van der Waals surface area contributed by atoms with E-state index in [1.165, 1.54) is 17.1 Å². The van der Waals surface area contributed by atoms with E-state index in [9.17, 15) is 0 Å². The fraction of sp³-hybridized carbons (Fsp3) is 0.500. The molecule has 1 atom stereocenters. The molecule has 1 aliphatic heterocycles. The molecule has 1 aromatic carbocycles. The summed E-state index contributed by atoms with van der Waals surface area (Å²) in [5.74, 6) is 3.01. The molecule has 0 radical (unpaired) electrons. The van der Waals surface area contributed by atoms with Gasteiger partial charge in [0.05, 0.1) is 0 Å². The third kappa shape index (κ3) is 2.90. The normalized spacial score (nSPS) is 18.5. The summed E-state index contributed by atoms with van der Waals surface area (Å²) in [5.41, 5.74) is 1.25. The van der Waals surface area contributed by atoms with Crippen molar-refractivity contribution in [2.24, 2.45) is 0 Å². The minimum absolute atomic E-state index is 0.490. The lowest BCUT2D eigenvalue weighted by Gasteiger charge is -2.27. The lowest BCUT2D eigenvalue weighted by atomic mass is 10.0. The maximum absolute atomic E-state index is 6.15. The van der Waals surface area contributed by atoms with Crippen molar-refractivity contribution in [1.29, 1.82) is 0 Å². The molecule has 15 heavy (non-hydrogen) atoms. The minimum Gasteiger partial charge on any atom is -0.312 e. The zero-order valence-corrected chi connectivity index (χ0v) is 10.4. The summed E-state index contributed by atoms with van der Waals surface area (Å²) in [5, 5.41) is 4.45. The van der Waals surface area contributed by atoms with Gasteiger partial charge in [0.15, 0.2) is 0 Å². The predicted octanol–water partition coefficient (Wildman–Crippen LogP) is 3.15. The molecule has 3 heteroatoms. The van der Waals surface area contributed by atoms with Gasteiger partial charge in [-0.25, -0.2) is 0 Å². The minimum atomic E-state index is 0.490. The second-order valence-corrected chi connectivity index (χ2v) is 5.55. The van der Waals surface area contributed by atoms with Gasteiger partial charge in [0.25, 0.3) is 0 Å². The largest absolute Gasteiger partial charge is 0.312 e. The van der Waals surface area contributed by atoms with Crippen LogP contribution in [0.3, 0.4) is 0 Å². The highest BCUT2D eigenvalue weighted by molar-refractivity contribution is 8.00. The molecule has 0 saturated carbocycles. The van der Waals surface area contributed by atoms with Crippen LogP contribution in [0.4, 0.5) is 0 Å². The molecule has 0 aromatic heterocycles. The van der Waals surface area contributed by atoms with Crippen molar-refractivity contribution in [3.8, 4) is 0 Å². The van der Waals surface area contributed by atoms with Gasteiger partial charge in [-0.1, -0.05) is 36.7 Å². The summed E-state index contributed by atoms with van der Waals surface area (Å²) in [6.45, 7) is 3.25. The molecule has 1 aromatic rings. The van der Waals surface area contributed by atoms with E-state index in [0.717, 1.165) is 17.6 Å². The maximum Gasteiger partial charge on any atom is 0.0441 e. The summed E-state index contributed by atoms with van der Waals surface area (Å²) in [7, 11) is 0. The van der Waals surface area contributed by atoms with Gasteiger partial charge < -0.3 is 5.32 Å². The number of rotatable bonds is 4. The van der Waals surface area contributed by atoms with E-state index in [1.54, 1.807) is 0 Å². The first-order chi connectivity index (χ1) is 7.27. The predicted molar refractivity (Wildman–Crippen MR) is 69.0 cm³/mol. The monoisotopic (exact) mass is 241 g/mol. The van der Waals surface area contributed by atoms with Gasteiger partial charge in [0.2, 0.25) is 0 Å². The molecular formula is C12H16ClNS. The van der Waals surface area contributed by atoms with Gasteiger partial charge in [-0.05, 0) is 17.5 Å². The van der Waals surface area contributed by atoms with Crippen molar-refractivity contribution in [2.75, 3.05) is 18.1 Å². The third-order valence-electron chi connectivity index (χ3n) is 2.79. The smallest absolute Gasteiger partial charge is 0.0441 e. The van der Waals surface area contributed by atoms with E-state index in [-0.39, 0.29) is 0 Å². The molecule has 1 unspecified atom stereocenters. The fourth-order valence-corrected chi connectivity index (χ4v) is 2.71. The van der Waals surface area contributed by atoms with E-state index in [4.69, 9.17) is 11.6 Å². The zero-order valence-electron chi connectivity index (χ0n) is 8.87. The highest BCUT2D eigenvalue weighted by Crippen LogP contribution is 2.24. The molecule has 1 fully saturated rings. The van der Waals surface area contributed by atoms with Crippen molar-refractivity contribution in [3.05, 3.63) is 34.9 Å². The molecule has 1 N–H and O–H groups in total. The van der Waals surface area contributed by atoms with Gasteiger partial charge in [-0.2, -0.15) is 11.8 Å². The Morgan fingerprint density at radius 3 is 2.80 bits per heavy atom. The SMILES string of the molecule is CC(CNC1CSC1)c1ccccc1Cl. The Balaban J connectivity index is 1.89. The summed E-state index contributed by atoms with van der Waals surface area (Å²) in [4.78, 5) is 0. The topological polar surface area (TPSA) is 12.0 Å². The van der Waals surface area contributed by atoms with Gasteiger partial charge in [-0.15, -0.1) is 0 Å². The second-order valence-electron chi connectivity index (χ2n) is 4.07. The van der Waals surface area contributed by atoms with Crippen LogP contribution in [-0.2, 0) is 0 Å². The average Bonchev–Trinajstić information content (AvgIpc) is 2.16. The van der Waals surface area contributed by atoms with Crippen LogP contribution < -0.4 is 5.32 Å². The summed E-state index contributed by atoms with van der Waals surface area (Å²) >= 11 is 8.16. The fourth-order valence-electron chi connectivity index (χ4n) is 1.68. The van der Waals surface area contributed by atoms with Crippen LogP contribution in [0.2, 0.25) is 5.02 Å². The van der Waals surface area contributed by atoms with Gasteiger partial charge in [0, 0.05) is 29.1 Å². The highest BCUT2D eigenvalue weighted by atomic mass is 35.5. The Hall–Kier alpha value is -0.180. The van der Waals surface area contributed by atoms with E-state index in [0.29, 0.717) is 5.92 Å². The quantitative estimate of drug-likeness (QED) is 0.869. The first kappa shape index (κ1) is 11.3. The Morgan fingerprint density at radius 1 is 1.47 bits per heavy atom. The number of hydrogen-bond acceptors (Lipinski definition) is 2. The highest BCUT2D eigenvalue weighted by Gasteiger charge is 2.18. The number of thioether (sulfide) groups is 1. The lowest BCUT2D eigenvalue weighted by molar-refractivity contribution is 0.544. The van der Waals surface area contributed by atoms with Crippen molar-refractivity contribution < 1.29 is 0 Å². The molecule has 1 aliphatic rings. The number of nitrogens with one attached hydrogen (secondary N) is 1. The molecule has 82 valence electrons. The molecule has 2 rings (SSSR count). The molecule has 1 saturated heterocycles. The molecule has 0 bridgehead atoms. The second kappa shape index (κ2) is 5.24. The zero-order chi connectivity index (χ0) is 10.7. The maximum atomic E-state index is 6.15. The van der Waals surface area contributed by atoms with Crippen LogP contribution in [0.5, 0.6) is 0 Å². The van der Waals surface area contributed by atoms with Crippen LogP contribution in [-0.4, -0.2) is 24.1 Å². The van der Waals surface area contributed by atoms with Crippen molar-refractivity contribution in [2.45, 2.75) is 18.9 Å². The molecule has 1 nitrogen and oxygen atoms in total. The van der Waals surface area contributed by atoms with Crippen LogP contribution >= 0.6 is 23.4 Å². The Morgan fingerprint density at radius 2 is 2.20 bits per heavy atom. The van der Waals surface area contributed by atoms with Gasteiger partial charge in [0.1, 0.15) is 0 Å². The molecule has 1 heterocycles. The van der Waals surface area contributed by atoms with E-state index < -0.39 is 0 Å². The molecule has 0 aliphatic carbocycles. The van der Waals surface area contributed by atoms with Crippen molar-refractivity contribution >= 4 is 23.4 Å². The van der Waals surface area contributed by atoms with E-state index in [2.05, 4.69) is 24.4 Å².